The van der Waals surface area contributed by atoms with Gasteiger partial charge in [-0.25, -0.2) is 0 Å². The van der Waals surface area contributed by atoms with Crippen molar-refractivity contribution < 1.29 is 9.47 Å². The number of likely N-dealkylation sites (N-methyl/N-ethyl adjacent to an activating group) is 1. The number of methoxy groups -OCH3 is 2. The molecule has 0 bridgehead atoms. The molecule has 0 aromatic rings. The summed E-state index contributed by atoms with van der Waals surface area (Å²) >= 11 is 0. The lowest BCUT2D eigenvalue weighted by Crippen LogP contribution is -2.62. The van der Waals surface area contributed by atoms with Gasteiger partial charge in [-0.15, -0.1) is 0 Å². The van der Waals surface area contributed by atoms with Gasteiger partial charge in [0, 0.05) is 26.8 Å². The van der Waals surface area contributed by atoms with Crippen LogP contribution in [0.25, 0.3) is 0 Å². The molecule has 2 N–H and O–H groups in total. The molecule has 0 aliphatic heterocycles. The molecule has 4 heteroatoms. The number of nitrogens with zero attached hydrogens (tertiary/aromatic N) is 1. The van der Waals surface area contributed by atoms with E-state index in [9.17, 15) is 0 Å². The highest BCUT2D eigenvalue weighted by Crippen LogP contribution is 2.24. The first-order valence-electron chi connectivity index (χ1n) is 5.83. The zero-order valence-corrected chi connectivity index (χ0v) is 11.8. The summed E-state index contributed by atoms with van der Waals surface area (Å²) < 4.78 is 10.7. The van der Waals surface area contributed by atoms with Gasteiger partial charge < -0.3 is 15.2 Å². The van der Waals surface area contributed by atoms with Crippen LogP contribution in [0.2, 0.25) is 0 Å². The maximum absolute atomic E-state index is 5.90. The highest BCUT2D eigenvalue weighted by molar-refractivity contribution is 4.92. The predicted octanol–water partition coefficient (Wildman–Crippen LogP) is 1.30. The van der Waals surface area contributed by atoms with E-state index < -0.39 is 0 Å². The molecule has 0 saturated carbocycles. The third-order valence-corrected chi connectivity index (χ3v) is 3.73. The summed E-state index contributed by atoms with van der Waals surface area (Å²) in [6, 6.07) is 0.418. The highest BCUT2D eigenvalue weighted by atomic mass is 16.7. The Morgan fingerprint density at radius 2 is 1.62 bits per heavy atom. The summed E-state index contributed by atoms with van der Waals surface area (Å²) in [5, 5.41) is 0. The van der Waals surface area contributed by atoms with Crippen LogP contribution in [0.1, 0.15) is 27.7 Å². The molecular weight excluding hydrogens is 204 g/mol. The van der Waals surface area contributed by atoms with Gasteiger partial charge in [-0.1, -0.05) is 13.8 Å². The van der Waals surface area contributed by atoms with Crippen molar-refractivity contribution in [2.45, 2.75) is 45.6 Å². The van der Waals surface area contributed by atoms with Crippen molar-refractivity contribution in [2.24, 2.45) is 11.7 Å². The normalized spacial score (nSPS) is 18.2. The van der Waals surface area contributed by atoms with Crippen LogP contribution < -0.4 is 5.73 Å². The van der Waals surface area contributed by atoms with Gasteiger partial charge >= 0.3 is 0 Å². The van der Waals surface area contributed by atoms with E-state index >= 15 is 0 Å². The average molecular weight is 232 g/mol. The second kappa shape index (κ2) is 6.55. The van der Waals surface area contributed by atoms with Crippen molar-refractivity contribution in [2.75, 3.05) is 27.8 Å². The Hall–Kier alpha value is -0.160. The molecule has 0 spiro atoms. The monoisotopic (exact) mass is 232 g/mol. The van der Waals surface area contributed by atoms with Crippen LogP contribution in [0.3, 0.4) is 0 Å². The standard InChI is InChI=1S/C12H28N2O2/c1-9(2)10(3)14(5)12(4,8-13)11(15-6)16-7/h9-11H,8,13H2,1-7H3. The van der Waals surface area contributed by atoms with Gasteiger partial charge in [0.2, 0.25) is 0 Å². The van der Waals surface area contributed by atoms with E-state index in [1.54, 1.807) is 14.2 Å². The summed E-state index contributed by atoms with van der Waals surface area (Å²) in [6.45, 7) is 9.16. The van der Waals surface area contributed by atoms with Gasteiger partial charge in [0.05, 0.1) is 5.54 Å². The molecule has 0 rings (SSSR count). The third-order valence-electron chi connectivity index (χ3n) is 3.73. The SMILES string of the molecule is COC(OC)C(C)(CN)N(C)C(C)C(C)C. The van der Waals surface area contributed by atoms with Gasteiger partial charge in [-0.05, 0) is 26.8 Å². The van der Waals surface area contributed by atoms with E-state index in [0.717, 1.165) is 0 Å². The molecule has 2 unspecified atom stereocenters. The first-order valence-corrected chi connectivity index (χ1v) is 5.83. The molecule has 4 nitrogen and oxygen atoms in total. The molecule has 2 atom stereocenters. The van der Waals surface area contributed by atoms with E-state index in [4.69, 9.17) is 15.2 Å². The van der Waals surface area contributed by atoms with Crippen LogP contribution in [0.4, 0.5) is 0 Å². The van der Waals surface area contributed by atoms with Crippen LogP contribution >= 0.6 is 0 Å². The summed E-state index contributed by atoms with van der Waals surface area (Å²) in [4.78, 5) is 2.25. The lowest BCUT2D eigenvalue weighted by atomic mass is 9.94. The number of nitrogens with two attached hydrogens (primary N) is 1. The quantitative estimate of drug-likeness (QED) is 0.672. The summed E-state index contributed by atoms with van der Waals surface area (Å²) in [5.41, 5.74) is 5.58. The zero-order valence-electron chi connectivity index (χ0n) is 11.8. The van der Waals surface area contributed by atoms with E-state index in [0.29, 0.717) is 18.5 Å². The van der Waals surface area contributed by atoms with Crippen LogP contribution in [-0.4, -0.2) is 50.6 Å². The van der Waals surface area contributed by atoms with Crippen LogP contribution in [-0.2, 0) is 9.47 Å². The molecule has 0 radical (unpaired) electrons. The molecule has 0 heterocycles. The van der Waals surface area contributed by atoms with Crippen LogP contribution in [0.5, 0.6) is 0 Å². The van der Waals surface area contributed by atoms with E-state index in [1.807, 2.05) is 0 Å². The Balaban J connectivity index is 4.92. The molecule has 0 aromatic heterocycles. The van der Waals surface area contributed by atoms with Crippen molar-refractivity contribution in [1.29, 1.82) is 0 Å². The average Bonchev–Trinajstić information content (AvgIpc) is 2.27. The van der Waals surface area contributed by atoms with Crippen molar-refractivity contribution in [3.8, 4) is 0 Å². The number of hydrogen-bond acceptors (Lipinski definition) is 4. The molecule has 0 aliphatic carbocycles. The first-order chi connectivity index (χ1) is 7.34. The minimum Gasteiger partial charge on any atom is -0.354 e. The van der Waals surface area contributed by atoms with Crippen molar-refractivity contribution >= 4 is 0 Å². The van der Waals surface area contributed by atoms with Crippen LogP contribution in [0, 0.1) is 5.92 Å². The summed E-state index contributed by atoms with van der Waals surface area (Å²) in [6.07, 6.45) is -0.316. The minimum absolute atomic E-state index is 0.312. The van der Waals surface area contributed by atoms with Gasteiger partial charge in [0.25, 0.3) is 0 Å². The van der Waals surface area contributed by atoms with Gasteiger partial charge in [0.15, 0.2) is 6.29 Å². The molecule has 16 heavy (non-hydrogen) atoms. The second-order valence-corrected chi connectivity index (χ2v) is 4.96. The fourth-order valence-electron chi connectivity index (χ4n) is 1.92. The molecule has 98 valence electrons. The molecule has 0 aliphatic rings. The Bertz CT molecular complexity index is 195. The van der Waals surface area contributed by atoms with E-state index in [2.05, 4.69) is 39.6 Å². The molecule has 0 fully saturated rings. The van der Waals surface area contributed by atoms with Crippen molar-refractivity contribution in [3.63, 3.8) is 0 Å². The maximum Gasteiger partial charge on any atom is 0.176 e. The number of hydrogen-bond donors (Lipinski definition) is 1. The smallest absolute Gasteiger partial charge is 0.176 e. The fourth-order valence-corrected chi connectivity index (χ4v) is 1.92. The summed E-state index contributed by atoms with van der Waals surface area (Å²) in [5.74, 6) is 0.560. The Labute approximate surface area is 100 Å². The number of ether oxygens (including phenoxy) is 2. The topological polar surface area (TPSA) is 47.7 Å². The first kappa shape index (κ1) is 15.8. The number of rotatable bonds is 7. The molecular formula is C12H28N2O2. The Morgan fingerprint density at radius 3 is 1.88 bits per heavy atom. The maximum atomic E-state index is 5.90. The zero-order chi connectivity index (χ0) is 12.9. The predicted molar refractivity (Wildman–Crippen MR) is 67.3 cm³/mol. The highest BCUT2D eigenvalue weighted by Gasteiger charge is 2.40. The fraction of sp³-hybridized carbons (Fsp3) is 1.00. The van der Waals surface area contributed by atoms with E-state index in [1.165, 1.54) is 0 Å². The van der Waals surface area contributed by atoms with Gasteiger partial charge in [0.1, 0.15) is 0 Å². The minimum atomic E-state index is -0.316. The van der Waals surface area contributed by atoms with Crippen molar-refractivity contribution in [3.05, 3.63) is 0 Å². The lowest BCUT2D eigenvalue weighted by Gasteiger charge is -2.46. The Kier molecular flexibility index (Phi) is 6.48. The van der Waals surface area contributed by atoms with Gasteiger partial charge in [-0.3, -0.25) is 4.90 Å². The lowest BCUT2D eigenvalue weighted by molar-refractivity contribution is -0.184. The Morgan fingerprint density at radius 1 is 1.19 bits per heavy atom. The largest absolute Gasteiger partial charge is 0.354 e. The molecule has 0 amide bonds. The van der Waals surface area contributed by atoms with Gasteiger partial charge in [-0.2, -0.15) is 0 Å². The van der Waals surface area contributed by atoms with Crippen molar-refractivity contribution in [1.82, 2.24) is 4.90 Å². The third kappa shape index (κ3) is 3.17. The second-order valence-electron chi connectivity index (χ2n) is 4.96. The molecule has 0 aromatic carbocycles. The van der Waals surface area contributed by atoms with Crippen LogP contribution in [0.15, 0.2) is 0 Å². The summed E-state index contributed by atoms with van der Waals surface area (Å²) in [7, 11) is 5.37. The molecule has 0 saturated heterocycles. The van der Waals surface area contributed by atoms with E-state index in [-0.39, 0.29) is 11.8 Å².